The first kappa shape index (κ1) is 24.7. The Morgan fingerprint density at radius 3 is 2.59 bits per heavy atom. The first-order valence-corrected chi connectivity index (χ1v) is 13.6. The molecule has 5 rings (SSSR count). The molecule has 0 radical (unpaired) electrons. The molecule has 1 aliphatic rings. The third kappa shape index (κ3) is 5.00. The van der Waals surface area contributed by atoms with E-state index in [0.29, 0.717) is 27.9 Å². The van der Waals surface area contributed by atoms with Gasteiger partial charge in [-0.2, -0.15) is 0 Å². The Kier molecular flexibility index (Phi) is 6.57. The molecule has 0 spiro atoms. The molecular formula is C26H24FN5O3S2. The fraction of sp³-hybridized carbons (Fsp3) is 0.154. The first-order chi connectivity index (χ1) is 17.7. The third-order valence-electron chi connectivity index (χ3n) is 6.03. The largest absolute Gasteiger partial charge is 0.494 e. The number of rotatable bonds is 7. The molecule has 0 amide bonds. The summed E-state index contributed by atoms with van der Waals surface area (Å²) in [6.45, 7) is 0. The van der Waals surface area contributed by atoms with Crippen molar-refractivity contribution in [1.82, 2.24) is 14.9 Å². The van der Waals surface area contributed by atoms with E-state index in [-0.39, 0.29) is 17.9 Å². The molecule has 0 unspecified atom stereocenters. The summed E-state index contributed by atoms with van der Waals surface area (Å²) in [5, 5.41) is 3.85. The van der Waals surface area contributed by atoms with Crippen molar-refractivity contribution in [3.05, 3.63) is 102 Å². The van der Waals surface area contributed by atoms with Gasteiger partial charge in [0.2, 0.25) is 10.0 Å². The highest BCUT2D eigenvalue weighted by Gasteiger charge is 2.42. The van der Waals surface area contributed by atoms with Crippen LogP contribution in [0.25, 0.3) is 5.69 Å². The minimum absolute atomic E-state index is 0.313. The van der Waals surface area contributed by atoms with Gasteiger partial charge >= 0.3 is 0 Å². The number of hydrogen-bond donors (Lipinski definition) is 2. The van der Waals surface area contributed by atoms with Crippen LogP contribution >= 0.6 is 12.2 Å². The van der Waals surface area contributed by atoms with Gasteiger partial charge in [-0.25, -0.2) is 12.8 Å². The second-order valence-electron chi connectivity index (χ2n) is 8.54. The van der Waals surface area contributed by atoms with Gasteiger partial charge in [0.15, 0.2) is 5.11 Å². The average Bonchev–Trinajstić information content (AvgIpc) is 3.48. The third-order valence-corrected chi connectivity index (χ3v) is 6.93. The van der Waals surface area contributed by atoms with E-state index in [4.69, 9.17) is 17.0 Å². The van der Waals surface area contributed by atoms with Gasteiger partial charge < -0.3 is 19.5 Å². The summed E-state index contributed by atoms with van der Waals surface area (Å²) < 4.78 is 47.6. The number of ether oxygens (including phenoxy) is 1. The van der Waals surface area contributed by atoms with Crippen LogP contribution < -0.4 is 19.7 Å². The number of nitrogens with zero attached hydrogens (tertiary/aromatic N) is 3. The van der Waals surface area contributed by atoms with Crippen LogP contribution in [0.3, 0.4) is 0 Å². The summed E-state index contributed by atoms with van der Waals surface area (Å²) in [6.07, 6.45) is 4.67. The molecule has 37 heavy (non-hydrogen) atoms. The van der Waals surface area contributed by atoms with Crippen molar-refractivity contribution in [3.63, 3.8) is 0 Å². The van der Waals surface area contributed by atoms with E-state index in [1.165, 1.54) is 19.2 Å². The van der Waals surface area contributed by atoms with E-state index in [2.05, 4.69) is 15.0 Å². The van der Waals surface area contributed by atoms with Crippen LogP contribution in [0.2, 0.25) is 0 Å². The zero-order valence-corrected chi connectivity index (χ0v) is 21.6. The molecule has 4 aromatic rings. The van der Waals surface area contributed by atoms with Crippen molar-refractivity contribution < 1.29 is 17.5 Å². The van der Waals surface area contributed by atoms with Crippen LogP contribution in [-0.2, 0) is 10.0 Å². The molecule has 0 saturated carbocycles. The molecule has 0 bridgehead atoms. The number of thiocarbonyl (C=S) groups is 1. The highest BCUT2D eigenvalue weighted by molar-refractivity contribution is 7.92. The van der Waals surface area contributed by atoms with Crippen LogP contribution in [-0.4, -0.2) is 36.4 Å². The van der Waals surface area contributed by atoms with Crippen LogP contribution in [0, 0.1) is 5.82 Å². The van der Waals surface area contributed by atoms with Gasteiger partial charge in [-0.15, -0.1) is 0 Å². The molecule has 1 aliphatic heterocycles. The first-order valence-electron chi connectivity index (χ1n) is 11.3. The van der Waals surface area contributed by atoms with Crippen LogP contribution in [0.4, 0.5) is 15.8 Å². The number of methoxy groups -OCH3 is 1. The van der Waals surface area contributed by atoms with Crippen LogP contribution in [0.5, 0.6) is 5.75 Å². The Morgan fingerprint density at radius 2 is 1.89 bits per heavy atom. The Balaban J connectivity index is 1.65. The smallest absolute Gasteiger partial charge is 0.229 e. The molecule has 1 fully saturated rings. The molecule has 0 aliphatic carbocycles. The lowest BCUT2D eigenvalue weighted by Crippen LogP contribution is -2.30. The maximum atomic E-state index is 14.1. The van der Waals surface area contributed by atoms with E-state index in [1.807, 2.05) is 52.1 Å². The second-order valence-corrected chi connectivity index (χ2v) is 10.7. The van der Waals surface area contributed by atoms with Crippen molar-refractivity contribution in [2.45, 2.75) is 12.1 Å². The summed E-state index contributed by atoms with van der Waals surface area (Å²) in [6, 6.07) is 20.3. The number of pyridine rings is 1. The zero-order chi connectivity index (χ0) is 26.2. The van der Waals surface area contributed by atoms with E-state index in [1.54, 1.807) is 30.5 Å². The van der Waals surface area contributed by atoms with E-state index in [9.17, 15) is 12.8 Å². The van der Waals surface area contributed by atoms with Gasteiger partial charge in [0.25, 0.3) is 0 Å². The van der Waals surface area contributed by atoms with E-state index < -0.39 is 10.0 Å². The lowest BCUT2D eigenvalue weighted by Gasteiger charge is -2.29. The molecule has 2 N–H and O–H groups in total. The molecule has 11 heteroatoms. The molecule has 2 atom stereocenters. The van der Waals surface area contributed by atoms with Gasteiger partial charge in [0.1, 0.15) is 17.6 Å². The summed E-state index contributed by atoms with van der Waals surface area (Å²) in [5.41, 5.74) is 3.30. The van der Waals surface area contributed by atoms with Crippen molar-refractivity contribution in [2.75, 3.05) is 23.0 Å². The fourth-order valence-corrected chi connectivity index (χ4v) is 5.46. The second kappa shape index (κ2) is 9.83. The summed E-state index contributed by atoms with van der Waals surface area (Å²) in [7, 11) is -2.04. The molecule has 3 heterocycles. The number of anilines is 2. The average molecular weight is 538 g/mol. The Hall–Kier alpha value is -3.96. The standard InChI is InChI=1S/C26H24FN5O3S2/c1-35-23-16-19(11-12-20(23)30-37(2,33)34)32-25(24(29-26(32)36)21-9-3-4-13-28-21)22-10-6-14-31(22)18-8-5-7-17(27)15-18/h3-16,24-25,30H,1-2H3,(H,29,36)/t24-,25+/m1/s1. The lowest BCUT2D eigenvalue weighted by molar-refractivity contribution is 0.417. The molecule has 2 aromatic heterocycles. The number of sulfonamides is 1. The number of hydrogen-bond acceptors (Lipinski definition) is 5. The van der Waals surface area contributed by atoms with Crippen molar-refractivity contribution >= 4 is 38.7 Å². The molecule has 190 valence electrons. The minimum Gasteiger partial charge on any atom is -0.494 e. The number of nitrogens with one attached hydrogen (secondary N) is 2. The Bertz CT molecular complexity index is 1560. The van der Waals surface area contributed by atoms with Crippen LogP contribution in [0.15, 0.2) is 85.2 Å². The topological polar surface area (TPSA) is 88.5 Å². The number of halogens is 1. The maximum absolute atomic E-state index is 14.1. The predicted octanol–water partition coefficient (Wildman–Crippen LogP) is 4.57. The lowest BCUT2D eigenvalue weighted by atomic mass is 10.0. The van der Waals surface area contributed by atoms with Gasteiger partial charge in [-0.3, -0.25) is 9.71 Å². The highest BCUT2D eigenvalue weighted by Crippen LogP contribution is 2.44. The molecule has 8 nitrogen and oxygen atoms in total. The highest BCUT2D eigenvalue weighted by atomic mass is 32.2. The molecule has 2 aromatic carbocycles. The quantitative estimate of drug-likeness (QED) is 0.334. The van der Waals surface area contributed by atoms with E-state index >= 15 is 0 Å². The van der Waals surface area contributed by atoms with Crippen molar-refractivity contribution in [2.24, 2.45) is 0 Å². The zero-order valence-electron chi connectivity index (χ0n) is 20.0. The summed E-state index contributed by atoms with van der Waals surface area (Å²) in [5.74, 6) is 0.000302. The normalized spacial score (nSPS) is 17.5. The minimum atomic E-state index is -3.51. The van der Waals surface area contributed by atoms with Crippen LogP contribution in [0.1, 0.15) is 23.5 Å². The SMILES string of the molecule is COc1cc(N2C(=S)N[C@H](c3ccccn3)[C@@H]2c2cccn2-c2cccc(F)c2)ccc1NS(C)(=O)=O. The van der Waals surface area contributed by atoms with Gasteiger partial charge in [-0.1, -0.05) is 12.1 Å². The van der Waals surface area contributed by atoms with Gasteiger partial charge in [-0.05, 0) is 66.8 Å². The predicted molar refractivity (Wildman–Crippen MR) is 145 cm³/mol. The van der Waals surface area contributed by atoms with Crippen molar-refractivity contribution in [3.8, 4) is 11.4 Å². The summed E-state index contributed by atoms with van der Waals surface area (Å²) in [4.78, 5) is 6.51. The monoisotopic (exact) mass is 537 g/mol. The molecular weight excluding hydrogens is 513 g/mol. The Labute approximate surface area is 219 Å². The van der Waals surface area contributed by atoms with Crippen molar-refractivity contribution in [1.29, 1.82) is 0 Å². The fourth-order valence-electron chi connectivity index (χ4n) is 4.54. The van der Waals surface area contributed by atoms with E-state index in [0.717, 1.165) is 17.6 Å². The Morgan fingerprint density at radius 1 is 1.05 bits per heavy atom. The maximum Gasteiger partial charge on any atom is 0.229 e. The van der Waals surface area contributed by atoms with Gasteiger partial charge in [0.05, 0.1) is 30.8 Å². The van der Waals surface area contributed by atoms with Gasteiger partial charge in [0, 0.05) is 35.5 Å². The summed E-state index contributed by atoms with van der Waals surface area (Å²) >= 11 is 5.80. The molecule has 1 saturated heterocycles. The number of aromatic nitrogens is 2. The number of benzene rings is 2.